The van der Waals surface area contributed by atoms with Gasteiger partial charge in [0.1, 0.15) is 4.33 Å². The van der Waals surface area contributed by atoms with Gasteiger partial charge in [0.15, 0.2) is 10.1 Å². The molecule has 3 nitrogen and oxygen atoms in total. The van der Waals surface area contributed by atoms with Gasteiger partial charge in [-0.15, -0.1) is 23.2 Å². The van der Waals surface area contributed by atoms with Crippen molar-refractivity contribution in [2.75, 3.05) is 12.0 Å². The highest BCUT2D eigenvalue weighted by Crippen LogP contribution is 2.59. The van der Waals surface area contributed by atoms with Gasteiger partial charge in [0, 0.05) is 11.5 Å². The molecule has 1 heterocycles. The van der Waals surface area contributed by atoms with Crippen molar-refractivity contribution in [2.24, 2.45) is 0 Å². The van der Waals surface area contributed by atoms with Crippen LogP contribution in [0.2, 0.25) is 0 Å². The summed E-state index contributed by atoms with van der Waals surface area (Å²) < 4.78 is 4.36. The van der Waals surface area contributed by atoms with Crippen LogP contribution in [0.15, 0.2) is 33.8 Å². The fraction of sp³-hybridized carbons (Fsp3) is 0.357. The lowest BCUT2D eigenvalue weighted by atomic mass is 10.1. The molecule has 22 heavy (non-hydrogen) atoms. The van der Waals surface area contributed by atoms with Gasteiger partial charge in [-0.05, 0) is 29.8 Å². The number of aromatic nitrogens is 2. The number of hydrogen-bond donors (Lipinski definition) is 0. The summed E-state index contributed by atoms with van der Waals surface area (Å²) in [4.78, 5) is 16.5. The highest BCUT2D eigenvalue weighted by atomic mass is 35.5. The minimum atomic E-state index is -0.631. The van der Waals surface area contributed by atoms with E-state index in [9.17, 15) is 4.79 Å². The number of carbonyl (C=O) groups excluding carboxylic acids is 1. The van der Waals surface area contributed by atoms with E-state index in [-0.39, 0.29) is 11.7 Å². The third-order valence-electron chi connectivity index (χ3n) is 3.36. The first kappa shape index (κ1) is 16.6. The number of rotatable bonds is 6. The summed E-state index contributed by atoms with van der Waals surface area (Å²) in [6, 6.07) is 7.55. The van der Waals surface area contributed by atoms with Gasteiger partial charge in [-0.2, -0.15) is 4.37 Å². The molecular weight excluding hydrogens is 379 g/mol. The van der Waals surface area contributed by atoms with Gasteiger partial charge in [-0.25, -0.2) is 4.98 Å². The molecule has 0 spiro atoms. The molecule has 1 aromatic carbocycles. The van der Waals surface area contributed by atoms with Gasteiger partial charge < -0.3 is 0 Å². The monoisotopic (exact) mass is 390 g/mol. The summed E-state index contributed by atoms with van der Waals surface area (Å²) in [5.41, 5.74) is 1.78. The lowest BCUT2D eigenvalue weighted by molar-refractivity contribution is 0.102. The SMILES string of the molecule is CSc1nsc(SCC(=O)c2ccc([C@H]3CC3(Cl)Cl)cc2)n1. The van der Waals surface area contributed by atoms with Crippen molar-refractivity contribution < 1.29 is 4.79 Å². The Morgan fingerprint density at radius 1 is 1.41 bits per heavy atom. The number of halogens is 2. The third kappa shape index (κ3) is 3.79. The number of nitrogens with zero attached hydrogens (tertiary/aromatic N) is 2. The Balaban J connectivity index is 1.58. The molecular formula is C14H12Cl2N2OS3. The molecule has 1 aromatic heterocycles. The smallest absolute Gasteiger partial charge is 0.200 e. The molecule has 0 radical (unpaired) electrons. The molecule has 0 bridgehead atoms. The summed E-state index contributed by atoms with van der Waals surface area (Å²) >= 11 is 16.4. The average molecular weight is 391 g/mol. The Morgan fingerprint density at radius 2 is 2.09 bits per heavy atom. The Labute approximate surface area is 151 Å². The van der Waals surface area contributed by atoms with Crippen molar-refractivity contribution in [3.63, 3.8) is 0 Å². The van der Waals surface area contributed by atoms with Gasteiger partial charge in [0.2, 0.25) is 5.16 Å². The van der Waals surface area contributed by atoms with Gasteiger partial charge in [0.25, 0.3) is 0 Å². The second-order valence-electron chi connectivity index (χ2n) is 4.90. The van der Waals surface area contributed by atoms with Gasteiger partial charge >= 0.3 is 0 Å². The molecule has 8 heteroatoms. The zero-order valence-corrected chi connectivity index (χ0v) is 15.5. The summed E-state index contributed by atoms with van der Waals surface area (Å²) in [7, 11) is 0. The highest BCUT2D eigenvalue weighted by molar-refractivity contribution is 8.01. The van der Waals surface area contributed by atoms with Crippen molar-refractivity contribution in [3.05, 3.63) is 35.4 Å². The number of carbonyl (C=O) groups is 1. The first-order valence-electron chi connectivity index (χ1n) is 6.51. The van der Waals surface area contributed by atoms with E-state index >= 15 is 0 Å². The van der Waals surface area contributed by atoms with Crippen molar-refractivity contribution in [3.8, 4) is 0 Å². The Hall–Kier alpha value is -0.270. The maximum absolute atomic E-state index is 12.2. The molecule has 0 saturated heterocycles. The van der Waals surface area contributed by atoms with Crippen LogP contribution < -0.4 is 0 Å². The van der Waals surface area contributed by atoms with Crippen LogP contribution in [-0.4, -0.2) is 31.5 Å². The molecule has 2 aromatic rings. The lowest BCUT2D eigenvalue weighted by Gasteiger charge is -2.03. The number of benzene rings is 1. The Morgan fingerprint density at radius 3 is 2.64 bits per heavy atom. The Kier molecular flexibility index (Phi) is 5.04. The lowest BCUT2D eigenvalue weighted by Crippen LogP contribution is -2.02. The van der Waals surface area contributed by atoms with Crippen LogP contribution >= 0.6 is 58.3 Å². The van der Waals surface area contributed by atoms with E-state index in [4.69, 9.17) is 23.2 Å². The fourth-order valence-electron chi connectivity index (χ4n) is 2.03. The van der Waals surface area contributed by atoms with E-state index in [0.29, 0.717) is 11.3 Å². The van der Waals surface area contributed by atoms with Crippen molar-refractivity contribution >= 4 is 64.0 Å². The van der Waals surface area contributed by atoms with Crippen LogP contribution in [0.1, 0.15) is 28.3 Å². The predicted molar refractivity (Wildman–Crippen MR) is 95.0 cm³/mol. The van der Waals surface area contributed by atoms with E-state index in [0.717, 1.165) is 21.5 Å². The number of thioether (sulfide) groups is 2. The van der Waals surface area contributed by atoms with E-state index in [2.05, 4.69) is 9.36 Å². The molecule has 1 saturated carbocycles. The molecule has 3 rings (SSSR count). The number of hydrogen-bond acceptors (Lipinski definition) is 6. The molecule has 1 atom stereocenters. The quantitative estimate of drug-likeness (QED) is 0.398. The molecule has 116 valence electrons. The van der Waals surface area contributed by atoms with Crippen molar-refractivity contribution in [2.45, 2.75) is 26.2 Å². The fourth-order valence-corrected chi connectivity index (χ4v) is 4.69. The summed E-state index contributed by atoms with van der Waals surface area (Å²) in [6.45, 7) is 0. The number of ketones is 1. The third-order valence-corrected chi connectivity index (χ3v) is 6.69. The first-order chi connectivity index (χ1) is 10.5. The molecule has 0 unspecified atom stereocenters. The molecule has 1 fully saturated rings. The van der Waals surface area contributed by atoms with Crippen LogP contribution in [-0.2, 0) is 0 Å². The summed E-state index contributed by atoms with van der Waals surface area (Å²) in [5, 5.41) is 0.749. The van der Waals surface area contributed by atoms with E-state index < -0.39 is 4.33 Å². The normalized spacial score (nSPS) is 19.1. The number of alkyl halides is 2. The van der Waals surface area contributed by atoms with Gasteiger partial charge in [0.05, 0.1) is 5.75 Å². The van der Waals surface area contributed by atoms with Gasteiger partial charge in [-0.3, -0.25) is 4.79 Å². The van der Waals surface area contributed by atoms with Crippen LogP contribution in [0.25, 0.3) is 0 Å². The first-order valence-corrected chi connectivity index (χ1v) is 10.2. The standard InChI is InChI=1S/C14H12Cl2N2OS3/c1-20-12-17-13(22-18-12)21-7-11(19)9-4-2-8(3-5-9)10-6-14(10,15)16/h2-5,10H,6-7H2,1H3/t10-/m1/s1. The molecule has 0 N–H and O–H groups in total. The van der Waals surface area contributed by atoms with Crippen molar-refractivity contribution in [1.29, 1.82) is 0 Å². The minimum Gasteiger partial charge on any atom is -0.293 e. The summed E-state index contributed by atoms with van der Waals surface area (Å²) in [6.07, 6.45) is 2.70. The van der Waals surface area contributed by atoms with Crippen LogP contribution in [0.5, 0.6) is 0 Å². The predicted octanol–water partition coefficient (Wildman–Crippen LogP) is 4.90. The largest absolute Gasteiger partial charge is 0.293 e. The maximum Gasteiger partial charge on any atom is 0.200 e. The highest BCUT2D eigenvalue weighted by Gasteiger charge is 2.52. The minimum absolute atomic E-state index is 0.0799. The van der Waals surface area contributed by atoms with E-state index in [1.807, 2.05) is 30.5 Å². The second-order valence-corrected chi connectivity index (χ2v) is 9.19. The molecule has 1 aliphatic carbocycles. The topological polar surface area (TPSA) is 42.9 Å². The van der Waals surface area contributed by atoms with Crippen LogP contribution in [0, 0.1) is 0 Å². The number of Topliss-reactive ketones (excluding diaryl/α,β-unsaturated/α-hetero) is 1. The average Bonchev–Trinajstić information content (AvgIpc) is 2.96. The van der Waals surface area contributed by atoms with Crippen LogP contribution in [0.4, 0.5) is 0 Å². The maximum atomic E-state index is 12.2. The second kappa shape index (κ2) is 6.69. The summed E-state index contributed by atoms with van der Waals surface area (Å²) in [5.74, 6) is 0.623. The van der Waals surface area contributed by atoms with E-state index in [1.54, 1.807) is 0 Å². The van der Waals surface area contributed by atoms with Gasteiger partial charge in [-0.1, -0.05) is 47.8 Å². The molecule has 0 aliphatic heterocycles. The Bertz CT molecular complexity index is 688. The zero-order valence-electron chi connectivity index (χ0n) is 11.6. The van der Waals surface area contributed by atoms with Crippen LogP contribution in [0.3, 0.4) is 0 Å². The van der Waals surface area contributed by atoms with Crippen molar-refractivity contribution in [1.82, 2.24) is 9.36 Å². The van der Waals surface area contributed by atoms with E-state index in [1.165, 1.54) is 35.1 Å². The molecule has 1 aliphatic rings. The molecule has 0 amide bonds. The zero-order chi connectivity index (χ0) is 15.7.